The molecule has 0 fully saturated rings. The molecule has 3 heteroatoms. The van der Waals surface area contributed by atoms with E-state index < -0.39 is 0 Å². The van der Waals surface area contributed by atoms with Crippen molar-refractivity contribution in [2.75, 3.05) is 7.11 Å². The molecular weight excluding hydrogens is 166 g/mol. The first-order valence-corrected chi connectivity index (χ1v) is 4.99. The zero-order valence-electron chi connectivity index (χ0n) is 8.71. The zero-order valence-corrected chi connectivity index (χ0v) is 8.71. The molecule has 0 aliphatic rings. The van der Waals surface area contributed by atoms with E-state index in [9.17, 15) is 4.79 Å². The molecule has 0 amide bonds. The number of hydrogen-bond donors (Lipinski definition) is 1. The summed E-state index contributed by atoms with van der Waals surface area (Å²) in [6, 6.07) is 0.306. The highest BCUT2D eigenvalue weighted by Gasteiger charge is 1.99. The number of carbonyl (C=O) groups is 1. The van der Waals surface area contributed by atoms with E-state index in [2.05, 4.69) is 4.74 Å². The summed E-state index contributed by atoms with van der Waals surface area (Å²) in [5.74, 6) is -0.104. The van der Waals surface area contributed by atoms with Crippen LogP contribution in [0.3, 0.4) is 0 Å². The molecule has 2 N–H and O–H groups in total. The molecule has 0 heterocycles. The maximum absolute atomic E-state index is 10.7. The van der Waals surface area contributed by atoms with E-state index in [0.29, 0.717) is 12.5 Å². The molecule has 78 valence electrons. The fourth-order valence-corrected chi connectivity index (χ4v) is 1.19. The van der Waals surface area contributed by atoms with Crippen molar-refractivity contribution in [1.82, 2.24) is 0 Å². The summed E-state index contributed by atoms with van der Waals surface area (Å²) in [5, 5.41) is 0. The molecule has 1 atom stereocenters. The minimum absolute atomic E-state index is 0.104. The van der Waals surface area contributed by atoms with Gasteiger partial charge in [-0.15, -0.1) is 0 Å². The topological polar surface area (TPSA) is 52.3 Å². The van der Waals surface area contributed by atoms with Gasteiger partial charge in [-0.2, -0.15) is 0 Å². The monoisotopic (exact) mass is 187 g/mol. The quantitative estimate of drug-likeness (QED) is 0.489. The van der Waals surface area contributed by atoms with Crippen molar-refractivity contribution in [3.8, 4) is 0 Å². The largest absolute Gasteiger partial charge is 0.469 e. The van der Waals surface area contributed by atoms with Crippen molar-refractivity contribution in [3.05, 3.63) is 0 Å². The fraction of sp³-hybridized carbons (Fsp3) is 0.900. The van der Waals surface area contributed by atoms with E-state index in [4.69, 9.17) is 5.73 Å². The molecule has 0 rings (SSSR count). The van der Waals surface area contributed by atoms with Gasteiger partial charge in [0.1, 0.15) is 0 Å². The Hall–Kier alpha value is -0.570. The summed E-state index contributed by atoms with van der Waals surface area (Å²) >= 11 is 0. The molecule has 13 heavy (non-hydrogen) atoms. The van der Waals surface area contributed by atoms with Gasteiger partial charge in [0.2, 0.25) is 0 Å². The average Bonchev–Trinajstić information content (AvgIpc) is 2.10. The van der Waals surface area contributed by atoms with Crippen LogP contribution in [0.5, 0.6) is 0 Å². The minimum atomic E-state index is -0.104. The Labute approximate surface area is 80.6 Å². The van der Waals surface area contributed by atoms with Gasteiger partial charge in [-0.3, -0.25) is 4.79 Å². The summed E-state index contributed by atoms with van der Waals surface area (Å²) in [4.78, 5) is 10.7. The number of nitrogens with two attached hydrogens (primary N) is 1. The van der Waals surface area contributed by atoms with E-state index in [1.807, 2.05) is 6.92 Å². The number of carbonyl (C=O) groups excluding carboxylic acids is 1. The molecule has 0 aliphatic carbocycles. The number of esters is 1. The molecule has 0 aliphatic heterocycles. The first-order valence-electron chi connectivity index (χ1n) is 4.99. The van der Waals surface area contributed by atoms with Crippen molar-refractivity contribution in [2.24, 2.45) is 5.73 Å². The smallest absolute Gasteiger partial charge is 0.305 e. The van der Waals surface area contributed by atoms with Crippen molar-refractivity contribution in [3.63, 3.8) is 0 Å². The summed E-state index contributed by atoms with van der Waals surface area (Å²) in [6.07, 6.45) is 6.00. The summed E-state index contributed by atoms with van der Waals surface area (Å²) in [7, 11) is 1.43. The standard InChI is InChI=1S/C10H21NO2/c1-9(11)7-5-3-4-6-8-10(12)13-2/h9H,3-8,11H2,1-2H3. The van der Waals surface area contributed by atoms with Crippen molar-refractivity contribution >= 4 is 5.97 Å². The van der Waals surface area contributed by atoms with Crippen molar-refractivity contribution in [2.45, 2.75) is 51.5 Å². The molecule has 1 unspecified atom stereocenters. The Morgan fingerprint density at radius 3 is 2.46 bits per heavy atom. The Balaban J connectivity index is 3.04. The Morgan fingerprint density at radius 2 is 1.92 bits per heavy atom. The van der Waals surface area contributed by atoms with E-state index in [-0.39, 0.29) is 5.97 Å². The van der Waals surface area contributed by atoms with Crippen molar-refractivity contribution < 1.29 is 9.53 Å². The zero-order chi connectivity index (χ0) is 10.1. The third kappa shape index (κ3) is 9.34. The molecule has 3 nitrogen and oxygen atoms in total. The summed E-state index contributed by atoms with van der Waals surface area (Å²) in [5.41, 5.74) is 5.60. The van der Waals surface area contributed by atoms with Crippen LogP contribution in [0.2, 0.25) is 0 Å². The number of hydrogen-bond acceptors (Lipinski definition) is 3. The second kappa shape index (κ2) is 8.05. The molecule has 0 radical (unpaired) electrons. The minimum Gasteiger partial charge on any atom is -0.469 e. The normalized spacial score (nSPS) is 12.5. The molecule has 0 saturated carbocycles. The van der Waals surface area contributed by atoms with Crippen LogP contribution in [0.1, 0.15) is 45.4 Å². The lowest BCUT2D eigenvalue weighted by atomic mass is 10.1. The highest BCUT2D eigenvalue weighted by atomic mass is 16.5. The molecular formula is C10H21NO2. The Bertz CT molecular complexity index is 135. The third-order valence-electron chi connectivity index (χ3n) is 2.02. The molecule has 0 aromatic rings. The third-order valence-corrected chi connectivity index (χ3v) is 2.02. The maximum atomic E-state index is 10.7. The molecule has 0 aromatic heterocycles. The van der Waals surface area contributed by atoms with Crippen LogP contribution in [-0.2, 0) is 9.53 Å². The predicted octanol–water partition coefficient (Wildman–Crippen LogP) is 1.85. The van der Waals surface area contributed by atoms with Crippen molar-refractivity contribution in [1.29, 1.82) is 0 Å². The van der Waals surface area contributed by atoms with Gasteiger partial charge < -0.3 is 10.5 Å². The predicted molar refractivity (Wildman–Crippen MR) is 53.4 cm³/mol. The molecule has 0 aromatic carbocycles. The van der Waals surface area contributed by atoms with Crippen LogP contribution < -0.4 is 5.73 Å². The number of ether oxygens (including phenoxy) is 1. The van der Waals surface area contributed by atoms with Crippen LogP contribution >= 0.6 is 0 Å². The van der Waals surface area contributed by atoms with Crippen LogP contribution in [0.15, 0.2) is 0 Å². The lowest BCUT2D eigenvalue weighted by Crippen LogP contribution is -2.13. The number of methoxy groups -OCH3 is 1. The first-order chi connectivity index (χ1) is 6.16. The average molecular weight is 187 g/mol. The highest BCUT2D eigenvalue weighted by Crippen LogP contribution is 2.06. The van der Waals surface area contributed by atoms with Gasteiger partial charge in [-0.05, 0) is 19.8 Å². The molecule has 0 bridgehead atoms. The number of rotatable bonds is 7. The summed E-state index contributed by atoms with van der Waals surface area (Å²) in [6.45, 7) is 2.02. The van der Waals surface area contributed by atoms with Crippen LogP contribution in [0.25, 0.3) is 0 Å². The Morgan fingerprint density at radius 1 is 1.31 bits per heavy atom. The fourth-order valence-electron chi connectivity index (χ4n) is 1.19. The maximum Gasteiger partial charge on any atom is 0.305 e. The summed E-state index contributed by atoms with van der Waals surface area (Å²) < 4.78 is 4.54. The second-order valence-electron chi connectivity index (χ2n) is 3.51. The second-order valence-corrected chi connectivity index (χ2v) is 3.51. The van der Waals surface area contributed by atoms with E-state index >= 15 is 0 Å². The van der Waals surface area contributed by atoms with E-state index in [1.54, 1.807) is 0 Å². The van der Waals surface area contributed by atoms with Gasteiger partial charge in [-0.1, -0.05) is 19.3 Å². The van der Waals surface area contributed by atoms with Gasteiger partial charge in [0.15, 0.2) is 0 Å². The van der Waals surface area contributed by atoms with Gasteiger partial charge in [0.05, 0.1) is 7.11 Å². The van der Waals surface area contributed by atoms with E-state index in [0.717, 1.165) is 19.3 Å². The highest BCUT2D eigenvalue weighted by molar-refractivity contribution is 5.68. The first kappa shape index (κ1) is 12.4. The van der Waals surface area contributed by atoms with E-state index in [1.165, 1.54) is 20.0 Å². The van der Waals surface area contributed by atoms with Crippen LogP contribution in [0.4, 0.5) is 0 Å². The van der Waals surface area contributed by atoms with Gasteiger partial charge >= 0.3 is 5.97 Å². The van der Waals surface area contributed by atoms with Gasteiger partial charge in [0, 0.05) is 12.5 Å². The van der Waals surface area contributed by atoms with Gasteiger partial charge in [-0.25, -0.2) is 0 Å². The SMILES string of the molecule is COC(=O)CCCCCCC(C)N. The van der Waals surface area contributed by atoms with Crippen LogP contribution in [0, 0.1) is 0 Å². The lowest BCUT2D eigenvalue weighted by Gasteiger charge is -2.03. The van der Waals surface area contributed by atoms with Gasteiger partial charge in [0.25, 0.3) is 0 Å². The van der Waals surface area contributed by atoms with Crippen LogP contribution in [-0.4, -0.2) is 19.1 Å². The molecule has 0 spiro atoms. The molecule has 0 saturated heterocycles. The Kier molecular flexibility index (Phi) is 7.69. The number of unbranched alkanes of at least 4 members (excludes halogenated alkanes) is 3. The lowest BCUT2D eigenvalue weighted by molar-refractivity contribution is -0.140.